The molecule has 4 aromatic rings. The Labute approximate surface area is 222 Å². The number of sulfonamides is 1. The summed E-state index contributed by atoms with van der Waals surface area (Å²) in [5.74, 6) is -0.534. The Morgan fingerprint density at radius 1 is 1.08 bits per heavy atom. The molecule has 2 heterocycles. The molecule has 1 saturated heterocycles. The van der Waals surface area contributed by atoms with E-state index in [1.165, 1.54) is 12.1 Å². The van der Waals surface area contributed by atoms with Crippen LogP contribution in [-0.2, 0) is 19.5 Å². The first-order valence-corrected chi connectivity index (χ1v) is 13.3. The first-order chi connectivity index (χ1) is 18.8. The summed E-state index contributed by atoms with van der Waals surface area (Å²) in [5.41, 5.74) is 0.284. The van der Waals surface area contributed by atoms with E-state index in [0.29, 0.717) is 19.0 Å². The van der Waals surface area contributed by atoms with Crippen LogP contribution in [0.25, 0.3) is 10.9 Å². The number of aromatic amines is 1. The fourth-order valence-electron chi connectivity index (χ4n) is 3.95. The zero-order chi connectivity index (χ0) is 27.4. The monoisotopic (exact) mass is 553 g/mol. The van der Waals surface area contributed by atoms with Crippen LogP contribution in [0.1, 0.15) is 10.4 Å². The number of fused-ring (bicyclic) bond motifs is 1. The maximum absolute atomic E-state index is 13.0. The van der Waals surface area contributed by atoms with Gasteiger partial charge in [-0.15, -0.1) is 0 Å². The van der Waals surface area contributed by atoms with Gasteiger partial charge in [0, 0.05) is 23.2 Å². The van der Waals surface area contributed by atoms with Crippen LogP contribution in [-0.4, -0.2) is 56.8 Å². The lowest BCUT2D eigenvalue weighted by Crippen LogP contribution is -2.33. The summed E-state index contributed by atoms with van der Waals surface area (Å²) in [4.78, 5) is 26.5. The van der Waals surface area contributed by atoms with Crippen LogP contribution < -0.4 is 14.2 Å². The predicted molar refractivity (Wildman–Crippen MR) is 139 cm³/mol. The average Bonchev–Trinajstić information content (AvgIpc) is 3.40. The van der Waals surface area contributed by atoms with E-state index in [0.717, 1.165) is 29.1 Å². The number of ether oxygens (including phenoxy) is 4. The maximum atomic E-state index is 13.0. The van der Waals surface area contributed by atoms with Crippen LogP contribution >= 0.6 is 0 Å². The Hall–Kier alpha value is -4.46. The molecule has 39 heavy (non-hydrogen) atoms. The highest BCUT2D eigenvalue weighted by Crippen LogP contribution is 2.31. The molecule has 1 aliphatic heterocycles. The number of nitrogens with one attached hydrogen (secondary N) is 2. The van der Waals surface area contributed by atoms with Crippen LogP contribution in [0.4, 0.5) is 5.69 Å². The van der Waals surface area contributed by atoms with Crippen molar-refractivity contribution in [3.63, 3.8) is 0 Å². The van der Waals surface area contributed by atoms with E-state index in [4.69, 9.17) is 18.9 Å². The summed E-state index contributed by atoms with van der Waals surface area (Å²) < 4.78 is 50.1. The lowest BCUT2D eigenvalue weighted by molar-refractivity contribution is -0.386. The van der Waals surface area contributed by atoms with Gasteiger partial charge in [0.2, 0.25) is 0 Å². The van der Waals surface area contributed by atoms with Gasteiger partial charge < -0.3 is 23.9 Å². The minimum atomic E-state index is -4.49. The van der Waals surface area contributed by atoms with Crippen LogP contribution in [0.3, 0.4) is 0 Å². The van der Waals surface area contributed by atoms with Crippen molar-refractivity contribution < 1.29 is 37.1 Å². The van der Waals surface area contributed by atoms with Crippen LogP contribution in [0.15, 0.2) is 77.8 Å². The molecule has 1 aromatic heterocycles. The summed E-state index contributed by atoms with van der Waals surface area (Å²) in [5, 5.41) is 12.5. The van der Waals surface area contributed by atoms with Crippen molar-refractivity contribution in [3.8, 4) is 17.2 Å². The zero-order valence-corrected chi connectivity index (χ0v) is 21.2. The highest BCUT2D eigenvalue weighted by Gasteiger charge is 2.26. The minimum absolute atomic E-state index is 0.0164. The molecule has 12 nitrogen and oxygen atoms in total. The molecular formula is C26H23N3O9S. The third kappa shape index (κ3) is 6.00. The van der Waals surface area contributed by atoms with Crippen LogP contribution in [0.5, 0.6) is 17.2 Å². The van der Waals surface area contributed by atoms with Gasteiger partial charge >= 0.3 is 5.69 Å². The van der Waals surface area contributed by atoms with E-state index >= 15 is 0 Å². The summed E-state index contributed by atoms with van der Waals surface area (Å²) in [6.07, 6.45) is 1.37. The number of aromatic nitrogens is 1. The number of H-pyrrole nitrogens is 1. The number of hydrogen-bond donors (Lipinski definition) is 2. The van der Waals surface area contributed by atoms with E-state index in [1.54, 1.807) is 30.5 Å². The van der Waals surface area contributed by atoms with Crippen molar-refractivity contribution in [2.75, 3.05) is 26.4 Å². The molecule has 0 saturated carbocycles. The number of nitrogens with zero attached hydrogens (tertiary/aromatic N) is 1. The molecule has 1 amide bonds. The first-order valence-electron chi connectivity index (χ1n) is 11.8. The standard InChI is InChI=1S/C26H23N3O9S/c30-26(21-3-1-2-4-24(21)38-18-5-7-22-17(13-18)9-10-27-22)28-39(33,34)20-6-8-25(23(14-20)29(31)32)37-16-19-15-35-11-12-36-19/h1-10,13-14,19,27H,11-12,15-16H2,(H,28,30)/t19-/m0/s1. The van der Waals surface area contributed by atoms with Gasteiger partial charge in [-0.1, -0.05) is 12.1 Å². The quantitative estimate of drug-likeness (QED) is 0.232. The van der Waals surface area contributed by atoms with Crippen molar-refractivity contribution in [2.45, 2.75) is 11.0 Å². The third-order valence-corrected chi connectivity index (χ3v) is 7.19. The number of hydrogen-bond acceptors (Lipinski definition) is 9. The fraction of sp³-hybridized carbons (Fsp3) is 0.192. The fourth-order valence-corrected chi connectivity index (χ4v) is 4.93. The number of benzene rings is 3. The molecule has 0 unspecified atom stereocenters. The lowest BCUT2D eigenvalue weighted by Gasteiger charge is -2.22. The Balaban J connectivity index is 1.33. The van der Waals surface area contributed by atoms with Crippen molar-refractivity contribution in [3.05, 3.63) is 88.6 Å². The molecule has 1 aliphatic rings. The molecule has 13 heteroatoms. The van der Waals surface area contributed by atoms with Gasteiger partial charge in [0.1, 0.15) is 24.2 Å². The number of para-hydroxylation sites is 1. The summed E-state index contributed by atoms with van der Waals surface area (Å²) in [6, 6.07) is 16.4. The normalized spacial score (nSPS) is 15.5. The topological polar surface area (TPSA) is 159 Å². The second kappa shape index (κ2) is 11.1. The van der Waals surface area contributed by atoms with Gasteiger partial charge in [0.25, 0.3) is 15.9 Å². The summed E-state index contributed by atoms with van der Waals surface area (Å²) >= 11 is 0. The first kappa shape index (κ1) is 26.2. The molecule has 3 aromatic carbocycles. The molecule has 202 valence electrons. The molecule has 2 N–H and O–H groups in total. The van der Waals surface area contributed by atoms with E-state index in [-0.39, 0.29) is 30.3 Å². The van der Waals surface area contributed by atoms with Crippen LogP contribution in [0, 0.1) is 10.1 Å². The second-order valence-corrected chi connectivity index (χ2v) is 10.2. The van der Waals surface area contributed by atoms with Crippen molar-refractivity contribution in [1.29, 1.82) is 0 Å². The van der Waals surface area contributed by atoms with Crippen LogP contribution in [0.2, 0.25) is 0 Å². The third-order valence-electron chi connectivity index (χ3n) is 5.86. The number of nitro groups is 1. The number of rotatable bonds is 9. The molecule has 0 bridgehead atoms. The largest absolute Gasteiger partial charge is 0.484 e. The van der Waals surface area contributed by atoms with E-state index in [1.807, 2.05) is 16.9 Å². The van der Waals surface area contributed by atoms with E-state index in [2.05, 4.69) is 4.98 Å². The Bertz CT molecular complexity index is 1630. The molecule has 5 rings (SSSR count). The van der Waals surface area contributed by atoms with Gasteiger partial charge in [-0.3, -0.25) is 14.9 Å². The van der Waals surface area contributed by atoms with Gasteiger partial charge in [-0.2, -0.15) is 0 Å². The minimum Gasteiger partial charge on any atom is -0.484 e. The molecule has 0 radical (unpaired) electrons. The van der Waals surface area contributed by atoms with Gasteiger partial charge in [-0.25, -0.2) is 13.1 Å². The molecular weight excluding hydrogens is 530 g/mol. The Morgan fingerprint density at radius 3 is 2.72 bits per heavy atom. The molecule has 1 fully saturated rings. The predicted octanol–water partition coefficient (Wildman–Crippen LogP) is 3.78. The lowest BCUT2D eigenvalue weighted by atomic mass is 10.2. The second-order valence-electron chi connectivity index (χ2n) is 8.52. The molecule has 1 atom stereocenters. The average molecular weight is 554 g/mol. The summed E-state index contributed by atoms with van der Waals surface area (Å²) in [6.45, 7) is 1.09. The number of carbonyl (C=O) groups excluding carboxylic acids is 1. The van der Waals surface area contributed by atoms with Crippen molar-refractivity contribution in [2.24, 2.45) is 0 Å². The highest BCUT2D eigenvalue weighted by atomic mass is 32.2. The van der Waals surface area contributed by atoms with Gasteiger partial charge in [-0.05, 0) is 48.5 Å². The highest BCUT2D eigenvalue weighted by molar-refractivity contribution is 7.90. The maximum Gasteiger partial charge on any atom is 0.312 e. The van der Waals surface area contributed by atoms with Crippen molar-refractivity contribution >= 4 is 32.5 Å². The molecule has 0 spiro atoms. The van der Waals surface area contributed by atoms with Crippen molar-refractivity contribution in [1.82, 2.24) is 9.71 Å². The number of carbonyl (C=O) groups is 1. The van der Waals surface area contributed by atoms with Gasteiger partial charge in [0.15, 0.2) is 5.75 Å². The smallest absolute Gasteiger partial charge is 0.312 e. The van der Waals surface area contributed by atoms with E-state index < -0.39 is 37.5 Å². The van der Waals surface area contributed by atoms with Gasteiger partial charge in [0.05, 0.1) is 35.2 Å². The summed E-state index contributed by atoms with van der Waals surface area (Å²) in [7, 11) is -4.49. The zero-order valence-electron chi connectivity index (χ0n) is 20.4. The SMILES string of the molecule is O=C(NS(=O)(=O)c1ccc(OC[C@@H]2COCCO2)c([N+](=O)[O-])c1)c1ccccc1Oc1ccc2[nH]ccc2c1. The number of amides is 1. The Morgan fingerprint density at radius 2 is 1.92 bits per heavy atom. The number of nitro benzene ring substituents is 1. The van der Waals surface area contributed by atoms with E-state index in [9.17, 15) is 23.3 Å². The Kier molecular flexibility index (Phi) is 7.45. The molecule has 0 aliphatic carbocycles.